The van der Waals surface area contributed by atoms with E-state index < -0.39 is 0 Å². The maximum absolute atomic E-state index is 13.9. The van der Waals surface area contributed by atoms with Gasteiger partial charge in [0.05, 0.1) is 11.5 Å². The van der Waals surface area contributed by atoms with E-state index in [1.807, 2.05) is 0 Å². The zero-order chi connectivity index (χ0) is 19.9. The second kappa shape index (κ2) is 9.50. The Morgan fingerprint density at radius 3 is 2.86 bits per heavy atom. The summed E-state index contributed by atoms with van der Waals surface area (Å²) in [4.78, 5) is 26.4. The molecule has 28 heavy (non-hydrogen) atoms. The summed E-state index contributed by atoms with van der Waals surface area (Å²) in [6.07, 6.45) is 2.32. The molecule has 1 aromatic heterocycles. The van der Waals surface area contributed by atoms with E-state index in [2.05, 4.69) is 5.32 Å². The molecule has 1 aliphatic heterocycles. The van der Waals surface area contributed by atoms with Gasteiger partial charge in [-0.1, -0.05) is 12.1 Å². The highest BCUT2D eigenvalue weighted by molar-refractivity contribution is 5.81. The van der Waals surface area contributed by atoms with Crippen LogP contribution in [0.2, 0.25) is 0 Å². The second-order valence-electron chi connectivity index (χ2n) is 7.00. The van der Waals surface area contributed by atoms with Crippen molar-refractivity contribution < 1.29 is 18.4 Å². The van der Waals surface area contributed by atoms with Gasteiger partial charge in [0, 0.05) is 39.0 Å². The Morgan fingerprint density at radius 2 is 2.07 bits per heavy atom. The van der Waals surface area contributed by atoms with Crippen LogP contribution in [0.3, 0.4) is 0 Å². The van der Waals surface area contributed by atoms with Gasteiger partial charge in [-0.05, 0) is 37.1 Å². The quantitative estimate of drug-likeness (QED) is 0.763. The molecule has 3 N–H and O–H groups in total. The number of nitrogens with two attached hydrogens (primary N) is 1. The number of furan rings is 1. The number of likely N-dealkylation sites (tertiary alicyclic amines) is 1. The summed E-state index contributed by atoms with van der Waals surface area (Å²) >= 11 is 0. The van der Waals surface area contributed by atoms with E-state index in [0.29, 0.717) is 56.1 Å². The number of hydrogen-bond donors (Lipinski definition) is 2. The Balaban J connectivity index is 1.53. The van der Waals surface area contributed by atoms with Crippen molar-refractivity contribution in [2.24, 2.45) is 11.7 Å². The molecule has 0 radical (unpaired) electrons. The molecule has 1 atom stereocenters. The Morgan fingerprint density at radius 1 is 1.25 bits per heavy atom. The van der Waals surface area contributed by atoms with Crippen molar-refractivity contribution in [1.29, 1.82) is 0 Å². The Hall–Kier alpha value is -2.67. The van der Waals surface area contributed by atoms with Gasteiger partial charge >= 0.3 is 0 Å². The van der Waals surface area contributed by atoms with Crippen LogP contribution in [0.5, 0.6) is 0 Å². The minimum Gasteiger partial charge on any atom is -0.461 e. The Labute approximate surface area is 163 Å². The fraction of sp³-hybridized carbons (Fsp3) is 0.429. The van der Waals surface area contributed by atoms with Gasteiger partial charge in [-0.15, -0.1) is 0 Å². The first-order chi connectivity index (χ1) is 13.6. The van der Waals surface area contributed by atoms with E-state index in [1.54, 1.807) is 35.2 Å². The summed E-state index contributed by atoms with van der Waals surface area (Å²) in [5.74, 6) is 0.534. The van der Waals surface area contributed by atoms with Crippen LogP contribution in [0.25, 0.3) is 11.3 Å². The number of nitrogens with one attached hydrogen (secondary N) is 1. The molecule has 0 spiro atoms. The molecular formula is C21H26FN3O3. The van der Waals surface area contributed by atoms with Gasteiger partial charge in [-0.2, -0.15) is 0 Å². The number of halogens is 1. The molecular weight excluding hydrogens is 361 g/mol. The van der Waals surface area contributed by atoms with Crippen LogP contribution in [-0.2, 0) is 16.0 Å². The van der Waals surface area contributed by atoms with Gasteiger partial charge in [-0.25, -0.2) is 4.39 Å². The summed E-state index contributed by atoms with van der Waals surface area (Å²) in [5.41, 5.74) is 5.82. The summed E-state index contributed by atoms with van der Waals surface area (Å²) in [5, 5.41) is 2.79. The van der Waals surface area contributed by atoms with Crippen LogP contribution in [0, 0.1) is 11.7 Å². The third kappa shape index (κ3) is 4.98. The molecule has 1 fully saturated rings. The standard InChI is InChI=1S/C21H26FN3O3/c22-18-6-2-1-5-17(18)19-9-7-16(28-19)8-10-20(26)25-13-3-4-15(14-25)21(27)24-12-11-23/h1-2,5-7,9,15H,3-4,8,10-14,23H2,(H,24,27). The minimum absolute atomic E-state index is 0.000154. The molecule has 1 aromatic carbocycles. The fourth-order valence-corrected chi connectivity index (χ4v) is 3.46. The molecule has 0 aliphatic carbocycles. The van der Waals surface area contributed by atoms with Gasteiger partial charge < -0.3 is 20.4 Å². The predicted octanol–water partition coefficient (Wildman–Crippen LogP) is 2.33. The lowest BCUT2D eigenvalue weighted by Gasteiger charge is -2.32. The van der Waals surface area contributed by atoms with Crippen molar-refractivity contribution in [3.05, 3.63) is 48.0 Å². The van der Waals surface area contributed by atoms with Gasteiger partial charge in [0.15, 0.2) is 0 Å². The molecule has 2 heterocycles. The molecule has 0 saturated carbocycles. The maximum atomic E-state index is 13.9. The number of carbonyl (C=O) groups is 2. The number of amides is 2. The van der Waals surface area contributed by atoms with Crippen LogP contribution in [0.1, 0.15) is 25.0 Å². The summed E-state index contributed by atoms with van der Waals surface area (Å²) in [6.45, 7) is 1.96. The van der Waals surface area contributed by atoms with Crippen LogP contribution in [0.15, 0.2) is 40.8 Å². The molecule has 7 heteroatoms. The zero-order valence-corrected chi connectivity index (χ0v) is 15.8. The monoisotopic (exact) mass is 387 g/mol. The number of hydrogen-bond acceptors (Lipinski definition) is 4. The molecule has 2 amide bonds. The highest BCUT2D eigenvalue weighted by atomic mass is 19.1. The van der Waals surface area contributed by atoms with Crippen molar-refractivity contribution in [2.45, 2.75) is 25.7 Å². The van der Waals surface area contributed by atoms with Gasteiger partial charge in [0.2, 0.25) is 11.8 Å². The molecule has 1 saturated heterocycles. The SMILES string of the molecule is NCCNC(=O)C1CCCN(C(=O)CCc2ccc(-c3ccccc3F)o2)C1. The largest absolute Gasteiger partial charge is 0.461 e. The van der Waals surface area contributed by atoms with E-state index >= 15 is 0 Å². The lowest BCUT2D eigenvalue weighted by Crippen LogP contribution is -2.46. The average molecular weight is 387 g/mol. The van der Waals surface area contributed by atoms with Gasteiger partial charge in [-0.3, -0.25) is 9.59 Å². The second-order valence-corrected chi connectivity index (χ2v) is 7.00. The van der Waals surface area contributed by atoms with Crippen molar-refractivity contribution in [3.8, 4) is 11.3 Å². The number of rotatable bonds is 7. The molecule has 1 aliphatic rings. The first-order valence-electron chi connectivity index (χ1n) is 9.67. The smallest absolute Gasteiger partial charge is 0.224 e. The van der Waals surface area contributed by atoms with Crippen LogP contribution in [-0.4, -0.2) is 42.9 Å². The Bertz CT molecular complexity index is 821. The molecule has 0 bridgehead atoms. The summed E-state index contributed by atoms with van der Waals surface area (Å²) < 4.78 is 19.6. The van der Waals surface area contributed by atoms with Crippen molar-refractivity contribution in [3.63, 3.8) is 0 Å². The lowest BCUT2D eigenvalue weighted by molar-refractivity contribution is -0.135. The Kier molecular flexibility index (Phi) is 6.81. The number of aryl methyl sites for hydroxylation is 1. The van der Waals surface area contributed by atoms with Gasteiger partial charge in [0.1, 0.15) is 17.3 Å². The molecule has 1 unspecified atom stereocenters. The predicted molar refractivity (Wildman–Crippen MR) is 104 cm³/mol. The molecule has 2 aromatic rings. The van der Waals surface area contributed by atoms with E-state index in [1.165, 1.54) is 6.07 Å². The third-order valence-corrected chi connectivity index (χ3v) is 4.97. The highest BCUT2D eigenvalue weighted by Gasteiger charge is 2.28. The first-order valence-corrected chi connectivity index (χ1v) is 9.67. The lowest BCUT2D eigenvalue weighted by atomic mass is 9.96. The zero-order valence-electron chi connectivity index (χ0n) is 15.8. The summed E-state index contributed by atoms with van der Waals surface area (Å²) in [6, 6.07) is 9.92. The van der Waals surface area contributed by atoms with E-state index in [0.717, 1.165) is 12.8 Å². The van der Waals surface area contributed by atoms with Crippen molar-refractivity contribution >= 4 is 11.8 Å². The fourth-order valence-electron chi connectivity index (χ4n) is 3.46. The normalized spacial score (nSPS) is 16.8. The van der Waals surface area contributed by atoms with E-state index in [-0.39, 0.29) is 23.5 Å². The number of piperidine rings is 1. The van der Waals surface area contributed by atoms with E-state index in [4.69, 9.17) is 10.2 Å². The van der Waals surface area contributed by atoms with Crippen LogP contribution >= 0.6 is 0 Å². The van der Waals surface area contributed by atoms with Crippen LogP contribution < -0.4 is 11.1 Å². The summed E-state index contributed by atoms with van der Waals surface area (Å²) in [7, 11) is 0. The molecule has 150 valence electrons. The average Bonchev–Trinajstić information content (AvgIpc) is 3.19. The van der Waals surface area contributed by atoms with Crippen LogP contribution in [0.4, 0.5) is 4.39 Å². The van der Waals surface area contributed by atoms with Gasteiger partial charge in [0.25, 0.3) is 0 Å². The topological polar surface area (TPSA) is 88.6 Å². The number of carbonyl (C=O) groups excluding carboxylic acids is 2. The maximum Gasteiger partial charge on any atom is 0.224 e. The van der Waals surface area contributed by atoms with E-state index in [9.17, 15) is 14.0 Å². The first kappa shape index (κ1) is 20.1. The molecule has 6 nitrogen and oxygen atoms in total. The van der Waals surface area contributed by atoms with Crippen molar-refractivity contribution in [2.75, 3.05) is 26.2 Å². The molecule has 3 rings (SSSR count). The minimum atomic E-state index is -0.341. The number of nitrogens with zero attached hydrogens (tertiary/aromatic N) is 1. The number of benzene rings is 1. The highest BCUT2D eigenvalue weighted by Crippen LogP contribution is 2.25. The van der Waals surface area contributed by atoms with Crippen molar-refractivity contribution in [1.82, 2.24) is 10.2 Å². The third-order valence-electron chi connectivity index (χ3n) is 4.97.